The second kappa shape index (κ2) is 8.37. The number of benzene rings is 1. The highest BCUT2D eigenvalue weighted by Crippen LogP contribution is 2.13. The Morgan fingerprint density at radius 1 is 1.32 bits per heavy atom. The summed E-state index contributed by atoms with van der Waals surface area (Å²) in [5.41, 5.74) is 0.247. The number of rotatable bonds is 9. The average molecular weight is 265 g/mol. The third-order valence-corrected chi connectivity index (χ3v) is 2.75. The molecule has 0 N–H and O–H groups in total. The zero-order valence-corrected chi connectivity index (χ0v) is 11.1. The molecule has 0 aliphatic carbocycles. The molecule has 104 valence electrons. The first kappa shape index (κ1) is 15.3. The lowest BCUT2D eigenvalue weighted by Gasteiger charge is -2.03. The van der Waals surface area contributed by atoms with Crippen LogP contribution in [-0.4, -0.2) is 23.9 Å². The van der Waals surface area contributed by atoms with Gasteiger partial charge in [-0.2, -0.15) is 0 Å². The highest BCUT2D eigenvalue weighted by atomic mass is 16.6. The second-order valence-corrected chi connectivity index (χ2v) is 4.34. The summed E-state index contributed by atoms with van der Waals surface area (Å²) in [5.74, 6) is -0.223. The number of ketones is 1. The van der Waals surface area contributed by atoms with Crippen LogP contribution in [0.25, 0.3) is 0 Å². The lowest BCUT2D eigenvalue weighted by atomic mass is 10.1. The molecule has 0 amide bonds. The maximum Gasteiger partial charge on any atom is 0.270 e. The van der Waals surface area contributed by atoms with Crippen molar-refractivity contribution in [1.82, 2.24) is 0 Å². The van der Waals surface area contributed by atoms with Crippen LogP contribution >= 0.6 is 0 Å². The van der Waals surface area contributed by atoms with E-state index in [4.69, 9.17) is 4.74 Å². The van der Waals surface area contributed by atoms with E-state index in [-0.39, 0.29) is 18.1 Å². The number of hydrogen-bond donors (Lipinski definition) is 0. The Labute approximate surface area is 112 Å². The van der Waals surface area contributed by atoms with Gasteiger partial charge in [0.25, 0.3) is 5.69 Å². The standard InChI is InChI=1S/C14H19NO4/c1-2-3-4-5-9-19-11-14(16)12-7-6-8-13(10-12)15(17)18/h6-8,10H,2-5,9,11H2,1H3. The first-order chi connectivity index (χ1) is 9.15. The van der Waals surface area contributed by atoms with Crippen LogP contribution in [0.15, 0.2) is 24.3 Å². The summed E-state index contributed by atoms with van der Waals surface area (Å²) < 4.78 is 5.28. The van der Waals surface area contributed by atoms with E-state index in [9.17, 15) is 14.9 Å². The van der Waals surface area contributed by atoms with Gasteiger partial charge in [0.1, 0.15) is 6.61 Å². The van der Waals surface area contributed by atoms with E-state index in [1.54, 1.807) is 6.07 Å². The van der Waals surface area contributed by atoms with Gasteiger partial charge in [-0.15, -0.1) is 0 Å². The Hall–Kier alpha value is -1.75. The lowest BCUT2D eigenvalue weighted by Crippen LogP contribution is -2.10. The summed E-state index contributed by atoms with van der Waals surface area (Å²) in [7, 11) is 0. The minimum Gasteiger partial charge on any atom is -0.373 e. The number of hydrogen-bond acceptors (Lipinski definition) is 4. The van der Waals surface area contributed by atoms with E-state index in [1.165, 1.54) is 24.6 Å². The fourth-order valence-electron chi connectivity index (χ4n) is 1.67. The Morgan fingerprint density at radius 2 is 2.11 bits per heavy atom. The predicted molar refractivity (Wildman–Crippen MR) is 72.4 cm³/mol. The van der Waals surface area contributed by atoms with Crippen molar-refractivity contribution in [3.63, 3.8) is 0 Å². The van der Waals surface area contributed by atoms with E-state index in [1.807, 2.05) is 0 Å². The molecule has 1 aromatic rings. The number of unbranched alkanes of at least 4 members (excludes halogenated alkanes) is 3. The molecule has 0 aliphatic heterocycles. The van der Waals surface area contributed by atoms with E-state index in [0.29, 0.717) is 12.2 Å². The van der Waals surface area contributed by atoms with Gasteiger partial charge in [0, 0.05) is 24.3 Å². The van der Waals surface area contributed by atoms with E-state index in [2.05, 4.69) is 6.92 Å². The highest BCUT2D eigenvalue weighted by Gasteiger charge is 2.11. The Morgan fingerprint density at radius 3 is 2.79 bits per heavy atom. The molecule has 5 nitrogen and oxygen atoms in total. The number of Topliss-reactive ketones (excluding diaryl/α,β-unsaturated/α-hetero) is 1. The molecule has 0 bridgehead atoms. The van der Waals surface area contributed by atoms with Crippen LogP contribution in [0.3, 0.4) is 0 Å². The van der Waals surface area contributed by atoms with Crippen molar-refractivity contribution < 1.29 is 14.5 Å². The molecule has 1 rings (SSSR count). The summed E-state index contributed by atoms with van der Waals surface area (Å²) in [4.78, 5) is 21.8. The van der Waals surface area contributed by atoms with Gasteiger partial charge in [-0.25, -0.2) is 0 Å². The minimum atomic E-state index is -0.512. The van der Waals surface area contributed by atoms with Crippen LogP contribution in [0.4, 0.5) is 5.69 Å². The Kier molecular flexibility index (Phi) is 6.74. The predicted octanol–water partition coefficient (Wildman–Crippen LogP) is 3.37. The molecule has 0 spiro atoms. The van der Waals surface area contributed by atoms with Crippen LogP contribution in [0.1, 0.15) is 43.0 Å². The minimum absolute atomic E-state index is 0.0205. The summed E-state index contributed by atoms with van der Waals surface area (Å²) in [5, 5.41) is 10.6. The van der Waals surface area contributed by atoms with Crippen molar-refractivity contribution in [2.45, 2.75) is 32.6 Å². The summed E-state index contributed by atoms with van der Waals surface area (Å²) >= 11 is 0. The fourth-order valence-corrected chi connectivity index (χ4v) is 1.67. The molecule has 0 unspecified atom stereocenters. The largest absolute Gasteiger partial charge is 0.373 e. The smallest absolute Gasteiger partial charge is 0.270 e. The first-order valence-electron chi connectivity index (χ1n) is 6.50. The average Bonchev–Trinajstić information content (AvgIpc) is 2.42. The van der Waals surface area contributed by atoms with E-state index >= 15 is 0 Å². The quantitative estimate of drug-likeness (QED) is 0.297. The third kappa shape index (κ3) is 5.61. The number of nitro benzene ring substituents is 1. The molecule has 0 radical (unpaired) electrons. The Balaban J connectivity index is 2.37. The monoisotopic (exact) mass is 265 g/mol. The molecule has 0 aromatic heterocycles. The third-order valence-electron chi connectivity index (χ3n) is 2.75. The summed E-state index contributed by atoms with van der Waals surface area (Å²) in [6.45, 7) is 2.67. The summed E-state index contributed by atoms with van der Waals surface area (Å²) in [6.07, 6.45) is 4.37. The van der Waals surface area contributed by atoms with E-state index < -0.39 is 4.92 Å². The van der Waals surface area contributed by atoms with Crippen LogP contribution < -0.4 is 0 Å². The van der Waals surface area contributed by atoms with Crippen LogP contribution in [0.5, 0.6) is 0 Å². The van der Waals surface area contributed by atoms with Gasteiger partial charge in [0.2, 0.25) is 0 Å². The topological polar surface area (TPSA) is 69.4 Å². The number of carbonyl (C=O) groups is 1. The maximum absolute atomic E-state index is 11.8. The fraction of sp³-hybridized carbons (Fsp3) is 0.500. The zero-order chi connectivity index (χ0) is 14.1. The number of carbonyl (C=O) groups excluding carboxylic acids is 1. The van der Waals surface area contributed by atoms with Crippen molar-refractivity contribution >= 4 is 11.5 Å². The van der Waals surface area contributed by atoms with Crippen molar-refractivity contribution in [3.05, 3.63) is 39.9 Å². The van der Waals surface area contributed by atoms with Crippen molar-refractivity contribution in [2.24, 2.45) is 0 Å². The normalized spacial score (nSPS) is 10.4. The van der Waals surface area contributed by atoms with Crippen LogP contribution in [0, 0.1) is 10.1 Å². The van der Waals surface area contributed by atoms with Gasteiger partial charge in [0.05, 0.1) is 4.92 Å². The molecule has 0 saturated carbocycles. The molecule has 0 fully saturated rings. The summed E-state index contributed by atoms with van der Waals surface area (Å²) in [6, 6.07) is 5.72. The zero-order valence-electron chi connectivity index (χ0n) is 11.1. The molecular formula is C14H19NO4. The maximum atomic E-state index is 11.8. The Bertz CT molecular complexity index is 431. The molecular weight excluding hydrogens is 246 g/mol. The molecule has 0 aliphatic rings. The van der Waals surface area contributed by atoms with Gasteiger partial charge >= 0.3 is 0 Å². The first-order valence-corrected chi connectivity index (χ1v) is 6.50. The number of ether oxygens (including phenoxy) is 1. The van der Waals surface area contributed by atoms with Crippen LogP contribution in [0.2, 0.25) is 0 Å². The number of non-ortho nitro benzene ring substituents is 1. The molecule has 5 heteroatoms. The number of nitro groups is 1. The molecule has 0 atom stereocenters. The van der Waals surface area contributed by atoms with E-state index in [0.717, 1.165) is 19.3 Å². The van der Waals surface area contributed by atoms with Crippen molar-refractivity contribution in [1.29, 1.82) is 0 Å². The van der Waals surface area contributed by atoms with Gasteiger partial charge in [0.15, 0.2) is 5.78 Å². The van der Waals surface area contributed by atoms with Gasteiger partial charge in [-0.1, -0.05) is 38.3 Å². The number of nitrogens with zero attached hydrogens (tertiary/aromatic N) is 1. The second-order valence-electron chi connectivity index (χ2n) is 4.34. The van der Waals surface area contributed by atoms with Gasteiger partial charge in [-0.05, 0) is 6.42 Å². The molecule has 1 aromatic carbocycles. The molecule has 19 heavy (non-hydrogen) atoms. The molecule has 0 saturated heterocycles. The lowest BCUT2D eigenvalue weighted by molar-refractivity contribution is -0.384. The molecule has 0 heterocycles. The van der Waals surface area contributed by atoms with Crippen LogP contribution in [-0.2, 0) is 4.74 Å². The van der Waals surface area contributed by atoms with Crippen molar-refractivity contribution in [3.8, 4) is 0 Å². The van der Waals surface area contributed by atoms with Gasteiger partial charge in [-0.3, -0.25) is 14.9 Å². The SMILES string of the molecule is CCCCCCOCC(=O)c1cccc([N+](=O)[O-])c1. The van der Waals surface area contributed by atoms with Gasteiger partial charge < -0.3 is 4.74 Å². The highest BCUT2D eigenvalue weighted by molar-refractivity contribution is 5.97. The van der Waals surface area contributed by atoms with Crippen molar-refractivity contribution in [2.75, 3.05) is 13.2 Å².